The van der Waals surface area contributed by atoms with Crippen molar-refractivity contribution in [1.29, 1.82) is 0 Å². The molecule has 2 aliphatic rings. The first kappa shape index (κ1) is 17.1. The van der Waals surface area contributed by atoms with Crippen LogP contribution >= 0.6 is 0 Å². The Morgan fingerprint density at radius 1 is 1.00 bits per heavy atom. The lowest BCUT2D eigenvalue weighted by molar-refractivity contribution is 0.0629. The van der Waals surface area contributed by atoms with Crippen LogP contribution in [-0.4, -0.2) is 48.7 Å². The smallest absolute Gasteiger partial charge is 0.257 e. The highest BCUT2D eigenvalue weighted by Gasteiger charge is 2.25. The monoisotopic (exact) mass is 378 g/mol. The molecule has 2 aliphatic heterocycles. The lowest BCUT2D eigenvalue weighted by atomic mass is 10.1. The summed E-state index contributed by atoms with van der Waals surface area (Å²) in [7, 11) is 0. The summed E-state index contributed by atoms with van der Waals surface area (Å²) >= 11 is 0. The van der Waals surface area contributed by atoms with Gasteiger partial charge in [0.25, 0.3) is 5.91 Å². The molecule has 5 rings (SSSR count). The molecule has 0 radical (unpaired) electrons. The number of rotatable bonds is 3. The van der Waals surface area contributed by atoms with E-state index in [-0.39, 0.29) is 5.91 Å². The van der Waals surface area contributed by atoms with Gasteiger partial charge in [0.15, 0.2) is 11.5 Å². The van der Waals surface area contributed by atoms with Crippen molar-refractivity contribution in [2.24, 2.45) is 0 Å². The third kappa shape index (κ3) is 3.10. The number of hydrogen-bond acceptors (Lipinski definition) is 5. The van der Waals surface area contributed by atoms with E-state index in [9.17, 15) is 4.79 Å². The standard InChI is InChI=1S/C22H22N2O4/c1-15-11-17-3-2-4-18(21(17)28-15)22(25)24-9-7-23(8-10-24)13-16-5-6-19-20(12-16)27-14-26-19/h2-6,11-12H,7-10,13-14H2,1H3. The van der Waals surface area contributed by atoms with Gasteiger partial charge in [0.05, 0.1) is 5.56 Å². The molecule has 0 spiro atoms. The minimum Gasteiger partial charge on any atom is -0.461 e. The van der Waals surface area contributed by atoms with Crippen molar-refractivity contribution >= 4 is 16.9 Å². The summed E-state index contributed by atoms with van der Waals surface area (Å²) in [6.45, 7) is 6.13. The molecule has 28 heavy (non-hydrogen) atoms. The van der Waals surface area contributed by atoms with E-state index in [0.29, 0.717) is 31.0 Å². The highest BCUT2D eigenvalue weighted by atomic mass is 16.7. The zero-order chi connectivity index (χ0) is 19.1. The topological polar surface area (TPSA) is 55.2 Å². The lowest BCUT2D eigenvalue weighted by Gasteiger charge is -2.34. The van der Waals surface area contributed by atoms with E-state index >= 15 is 0 Å². The molecule has 6 heteroatoms. The third-order valence-electron chi connectivity index (χ3n) is 5.40. The van der Waals surface area contributed by atoms with Crippen LogP contribution < -0.4 is 9.47 Å². The average Bonchev–Trinajstić information content (AvgIpc) is 3.32. The molecule has 0 aliphatic carbocycles. The molecule has 0 bridgehead atoms. The van der Waals surface area contributed by atoms with Crippen LogP contribution in [0.3, 0.4) is 0 Å². The van der Waals surface area contributed by atoms with Gasteiger partial charge in [-0.15, -0.1) is 0 Å². The summed E-state index contributed by atoms with van der Waals surface area (Å²) in [5.41, 5.74) is 2.53. The minimum absolute atomic E-state index is 0.0441. The number of aryl methyl sites for hydroxylation is 1. The molecule has 3 aromatic rings. The third-order valence-corrected chi connectivity index (χ3v) is 5.40. The van der Waals surface area contributed by atoms with Crippen LogP contribution in [0.1, 0.15) is 21.7 Å². The van der Waals surface area contributed by atoms with E-state index in [4.69, 9.17) is 13.9 Å². The number of carbonyl (C=O) groups excluding carboxylic acids is 1. The van der Waals surface area contributed by atoms with Crippen LogP contribution in [0.4, 0.5) is 0 Å². The Labute approximate surface area is 163 Å². The van der Waals surface area contributed by atoms with Crippen LogP contribution in [0.25, 0.3) is 11.0 Å². The van der Waals surface area contributed by atoms with Crippen molar-refractivity contribution in [2.75, 3.05) is 33.0 Å². The first-order chi connectivity index (χ1) is 13.7. The van der Waals surface area contributed by atoms with Crippen molar-refractivity contribution < 1.29 is 18.7 Å². The Hall–Kier alpha value is -2.99. The lowest BCUT2D eigenvalue weighted by Crippen LogP contribution is -2.48. The van der Waals surface area contributed by atoms with E-state index in [2.05, 4.69) is 11.0 Å². The second-order valence-electron chi connectivity index (χ2n) is 7.34. The molecule has 1 saturated heterocycles. The van der Waals surface area contributed by atoms with Gasteiger partial charge in [0, 0.05) is 38.1 Å². The second kappa shape index (κ2) is 6.87. The molecular weight excluding hydrogens is 356 g/mol. The maximum Gasteiger partial charge on any atom is 0.257 e. The fraction of sp³-hybridized carbons (Fsp3) is 0.318. The number of fused-ring (bicyclic) bond motifs is 2. The van der Waals surface area contributed by atoms with E-state index in [1.807, 2.05) is 48.2 Å². The van der Waals surface area contributed by atoms with Gasteiger partial charge in [0.1, 0.15) is 11.3 Å². The number of hydrogen-bond donors (Lipinski definition) is 0. The molecule has 144 valence electrons. The molecule has 1 amide bonds. The van der Waals surface area contributed by atoms with Crippen molar-refractivity contribution in [3.8, 4) is 11.5 Å². The van der Waals surface area contributed by atoms with E-state index in [0.717, 1.165) is 42.3 Å². The first-order valence-electron chi connectivity index (χ1n) is 9.57. The Bertz CT molecular complexity index is 1030. The number of piperazine rings is 1. The van der Waals surface area contributed by atoms with Gasteiger partial charge < -0.3 is 18.8 Å². The minimum atomic E-state index is 0.0441. The molecule has 0 atom stereocenters. The zero-order valence-electron chi connectivity index (χ0n) is 15.8. The van der Waals surface area contributed by atoms with E-state index in [1.54, 1.807) is 0 Å². The summed E-state index contributed by atoms with van der Waals surface area (Å²) in [4.78, 5) is 17.3. The Morgan fingerprint density at radius 2 is 1.82 bits per heavy atom. The first-order valence-corrected chi connectivity index (χ1v) is 9.57. The van der Waals surface area contributed by atoms with Gasteiger partial charge in [-0.25, -0.2) is 0 Å². The molecule has 2 aromatic carbocycles. The van der Waals surface area contributed by atoms with Crippen molar-refractivity contribution in [2.45, 2.75) is 13.5 Å². The van der Waals surface area contributed by atoms with Gasteiger partial charge in [0.2, 0.25) is 6.79 Å². The number of carbonyl (C=O) groups is 1. The number of para-hydroxylation sites is 1. The van der Waals surface area contributed by atoms with Crippen LogP contribution in [0, 0.1) is 6.92 Å². The maximum absolute atomic E-state index is 13.0. The van der Waals surface area contributed by atoms with E-state index in [1.165, 1.54) is 5.56 Å². The second-order valence-corrected chi connectivity index (χ2v) is 7.34. The van der Waals surface area contributed by atoms with Crippen molar-refractivity contribution in [1.82, 2.24) is 9.80 Å². The maximum atomic E-state index is 13.0. The fourth-order valence-corrected chi connectivity index (χ4v) is 3.94. The quantitative estimate of drug-likeness (QED) is 0.699. The predicted molar refractivity (Wildman–Crippen MR) is 105 cm³/mol. The van der Waals surface area contributed by atoms with Crippen LogP contribution in [0.5, 0.6) is 11.5 Å². The number of nitrogens with zero attached hydrogens (tertiary/aromatic N) is 2. The average molecular weight is 378 g/mol. The molecular formula is C22H22N2O4. The number of furan rings is 1. The SMILES string of the molecule is Cc1cc2cccc(C(=O)N3CCN(Cc4ccc5c(c4)OCO5)CC3)c2o1. The van der Waals surface area contributed by atoms with Gasteiger partial charge in [-0.3, -0.25) is 9.69 Å². The molecule has 0 saturated carbocycles. The molecule has 1 fully saturated rings. The fourth-order valence-electron chi connectivity index (χ4n) is 3.94. The number of benzene rings is 2. The highest BCUT2D eigenvalue weighted by molar-refractivity contribution is 6.05. The molecule has 3 heterocycles. The van der Waals surface area contributed by atoms with Crippen molar-refractivity contribution in [3.63, 3.8) is 0 Å². The summed E-state index contributed by atoms with van der Waals surface area (Å²) < 4.78 is 16.6. The Morgan fingerprint density at radius 3 is 2.68 bits per heavy atom. The molecule has 0 N–H and O–H groups in total. The molecule has 1 aromatic heterocycles. The summed E-state index contributed by atoms with van der Waals surface area (Å²) in [5.74, 6) is 2.49. The summed E-state index contributed by atoms with van der Waals surface area (Å²) in [6.07, 6.45) is 0. The van der Waals surface area contributed by atoms with Crippen LogP contribution in [0.2, 0.25) is 0 Å². The summed E-state index contributed by atoms with van der Waals surface area (Å²) in [6, 6.07) is 13.8. The Kier molecular flexibility index (Phi) is 4.20. The Balaban J connectivity index is 1.25. The van der Waals surface area contributed by atoms with Crippen LogP contribution in [-0.2, 0) is 6.54 Å². The predicted octanol–water partition coefficient (Wildman–Crippen LogP) is 3.43. The normalized spacial score (nSPS) is 16.7. The molecule has 6 nitrogen and oxygen atoms in total. The zero-order valence-corrected chi connectivity index (χ0v) is 15.8. The van der Waals surface area contributed by atoms with Crippen LogP contribution in [0.15, 0.2) is 46.9 Å². The number of amides is 1. The van der Waals surface area contributed by atoms with Gasteiger partial charge in [-0.1, -0.05) is 18.2 Å². The van der Waals surface area contributed by atoms with E-state index < -0.39 is 0 Å². The van der Waals surface area contributed by atoms with Gasteiger partial charge >= 0.3 is 0 Å². The largest absolute Gasteiger partial charge is 0.461 e. The number of ether oxygens (including phenoxy) is 2. The summed E-state index contributed by atoms with van der Waals surface area (Å²) in [5, 5.41) is 0.977. The highest BCUT2D eigenvalue weighted by Crippen LogP contribution is 2.33. The van der Waals surface area contributed by atoms with Crippen molar-refractivity contribution in [3.05, 3.63) is 59.4 Å². The molecule has 0 unspecified atom stereocenters. The van der Waals surface area contributed by atoms with Gasteiger partial charge in [-0.05, 0) is 36.8 Å². The van der Waals surface area contributed by atoms with Gasteiger partial charge in [-0.2, -0.15) is 0 Å².